The van der Waals surface area contributed by atoms with Crippen LogP contribution in [0.5, 0.6) is 5.75 Å². The maximum atomic E-state index is 12.8. The average Bonchev–Trinajstić information content (AvgIpc) is 3.46. The summed E-state index contributed by atoms with van der Waals surface area (Å²) >= 11 is 0. The zero-order chi connectivity index (χ0) is 21.8. The van der Waals surface area contributed by atoms with Crippen molar-refractivity contribution in [2.24, 2.45) is 0 Å². The van der Waals surface area contributed by atoms with E-state index in [0.717, 1.165) is 31.7 Å². The fraction of sp³-hybridized carbons (Fsp3) is 0.522. The van der Waals surface area contributed by atoms with Gasteiger partial charge in [-0.25, -0.2) is 0 Å². The molecule has 8 heteroatoms. The second-order valence-electron chi connectivity index (χ2n) is 8.22. The lowest BCUT2D eigenvalue weighted by Gasteiger charge is -2.38. The van der Waals surface area contributed by atoms with Gasteiger partial charge in [0, 0.05) is 51.9 Å². The predicted molar refractivity (Wildman–Crippen MR) is 117 cm³/mol. The molecule has 0 saturated carbocycles. The van der Waals surface area contributed by atoms with Crippen molar-refractivity contribution in [2.75, 3.05) is 26.7 Å². The summed E-state index contributed by atoms with van der Waals surface area (Å²) in [6.45, 7) is 4.83. The normalized spacial score (nSPS) is 22.5. The Balaban J connectivity index is 1.38. The number of carbonyl (C=O) groups is 2. The highest BCUT2D eigenvalue weighted by atomic mass is 16.5. The Kier molecular flexibility index (Phi) is 6.56. The summed E-state index contributed by atoms with van der Waals surface area (Å²) in [4.78, 5) is 29.6. The predicted octanol–water partition coefficient (Wildman–Crippen LogP) is 1.78. The quantitative estimate of drug-likeness (QED) is 0.763. The minimum absolute atomic E-state index is 0.0238. The number of benzene rings is 1. The first kappa shape index (κ1) is 21.4. The highest BCUT2D eigenvalue weighted by Gasteiger charge is 2.42. The van der Waals surface area contributed by atoms with E-state index in [0.29, 0.717) is 25.1 Å². The molecule has 2 aliphatic rings. The number of piperidine rings is 1. The molecule has 1 aromatic carbocycles. The summed E-state index contributed by atoms with van der Waals surface area (Å²) < 4.78 is 7.92. The number of amides is 2. The van der Waals surface area contributed by atoms with Crippen LogP contribution >= 0.6 is 0 Å². The van der Waals surface area contributed by atoms with E-state index in [9.17, 15) is 9.59 Å². The van der Waals surface area contributed by atoms with Crippen LogP contribution in [-0.4, -0.2) is 76.3 Å². The molecule has 31 heavy (non-hydrogen) atoms. The van der Waals surface area contributed by atoms with Gasteiger partial charge in [0.05, 0.1) is 17.8 Å². The maximum Gasteiger partial charge on any atom is 0.257 e. The van der Waals surface area contributed by atoms with Gasteiger partial charge in [-0.05, 0) is 31.9 Å². The van der Waals surface area contributed by atoms with Crippen molar-refractivity contribution in [3.8, 4) is 5.75 Å². The van der Waals surface area contributed by atoms with Gasteiger partial charge < -0.3 is 15.0 Å². The van der Waals surface area contributed by atoms with E-state index in [4.69, 9.17) is 4.74 Å². The van der Waals surface area contributed by atoms with Gasteiger partial charge in [-0.15, -0.1) is 0 Å². The maximum absolute atomic E-state index is 12.8. The van der Waals surface area contributed by atoms with Gasteiger partial charge in [0.2, 0.25) is 5.91 Å². The number of likely N-dealkylation sites (N-methyl/N-ethyl adjacent to an activating group) is 1. The molecule has 166 valence electrons. The van der Waals surface area contributed by atoms with Crippen LogP contribution in [0.1, 0.15) is 36.5 Å². The SMILES string of the molecule is CCn1cc(C(=O)N2CCC(N3C[C@@H](Oc4ccccc4)C[C@H]3C(=O)NC)CC2)cn1. The van der Waals surface area contributed by atoms with Crippen molar-refractivity contribution in [2.45, 2.75) is 50.9 Å². The minimum Gasteiger partial charge on any atom is -0.489 e. The Morgan fingerprint density at radius 3 is 2.58 bits per heavy atom. The standard InChI is InChI=1S/C23H31N5O3/c1-3-27-15-17(14-25-27)23(30)26-11-9-18(10-12-26)28-16-20(13-21(28)22(29)24-2)31-19-7-5-4-6-8-19/h4-8,14-15,18,20-21H,3,9-13,16H2,1-2H3,(H,24,29)/t20-,21-/m0/s1. The third-order valence-corrected chi connectivity index (χ3v) is 6.32. The Bertz CT molecular complexity index is 892. The summed E-state index contributed by atoms with van der Waals surface area (Å²) in [7, 11) is 1.68. The van der Waals surface area contributed by atoms with E-state index in [1.807, 2.05) is 48.4 Å². The van der Waals surface area contributed by atoms with E-state index in [2.05, 4.69) is 15.3 Å². The van der Waals surface area contributed by atoms with E-state index in [1.54, 1.807) is 17.9 Å². The van der Waals surface area contributed by atoms with Crippen molar-refractivity contribution in [1.82, 2.24) is 24.9 Å². The number of ether oxygens (including phenoxy) is 1. The fourth-order valence-corrected chi connectivity index (χ4v) is 4.66. The van der Waals surface area contributed by atoms with E-state index in [-0.39, 0.29) is 30.0 Å². The number of hydrogen-bond donors (Lipinski definition) is 1. The Morgan fingerprint density at radius 1 is 1.19 bits per heavy atom. The van der Waals surface area contributed by atoms with Crippen LogP contribution in [-0.2, 0) is 11.3 Å². The molecular weight excluding hydrogens is 394 g/mol. The molecule has 0 spiro atoms. The fourth-order valence-electron chi connectivity index (χ4n) is 4.66. The van der Waals surface area contributed by atoms with Crippen LogP contribution in [0.3, 0.4) is 0 Å². The number of nitrogens with one attached hydrogen (secondary N) is 1. The molecule has 2 atom stereocenters. The molecule has 0 unspecified atom stereocenters. The molecule has 2 amide bonds. The summed E-state index contributed by atoms with van der Waals surface area (Å²) in [6, 6.07) is 9.82. The summed E-state index contributed by atoms with van der Waals surface area (Å²) in [6.07, 6.45) is 5.79. The summed E-state index contributed by atoms with van der Waals surface area (Å²) in [5.41, 5.74) is 0.640. The zero-order valence-corrected chi connectivity index (χ0v) is 18.2. The lowest BCUT2D eigenvalue weighted by atomic mass is 10.0. The van der Waals surface area contributed by atoms with Crippen molar-refractivity contribution >= 4 is 11.8 Å². The molecule has 2 aromatic rings. The molecule has 4 rings (SSSR count). The Hall–Kier alpha value is -2.87. The number of nitrogens with zero attached hydrogens (tertiary/aromatic N) is 4. The van der Waals surface area contributed by atoms with Gasteiger partial charge in [-0.1, -0.05) is 18.2 Å². The minimum atomic E-state index is -0.200. The monoisotopic (exact) mass is 425 g/mol. The smallest absolute Gasteiger partial charge is 0.257 e. The summed E-state index contributed by atoms with van der Waals surface area (Å²) in [5, 5.41) is 7.02. The van der Waals surface area contributed by atoms with E-state index in [1.165, 1.54) is 0 Å². The molecule has 0 aliphatic carbocycles. The topological polar surface area (TPSA) is 79.7 Å². The Morgan fingerprint density at radius 2 is 1.94 bits per heavy atom. The van der Waals surface area contributed by atoms with Crippen LogP contribution in [0.2, 0.25) is 0 Å². The number of para-hydroxylation sites is 1. The van der Waals surface area contributed by atoms with E-state index >= 15 is 0 Å². The van der Waals surface area contributed by atoms with Crippen molar-refractivity contribution in [1.29, 1.82) is 0 Å². The molecule has 2 fully saturated rings. The van der Waals surface area contributed by atoms with Crippen molar-refractivity contribution in [3.63, 3.8) is 0 Å². The van der Waals surface area contributed by atoms with Crippen LogP contribution in [0.4, 0.5) is 0 Å². The van der Waals surface area contributed by atoms with Crippen LogP contribution in [0.25, 0.3) is 0 Å². The van der Waals surface area contributed by atoms with Gasteiger partial charge in [0.1, 0.15) is 11.9 Å². The zero-order valence-electron chi connectivity index (χ0n) is 18.2. The first-order valence-corrected chi connectivity index (χ1v) is 11.1. The largest absolute Gasteiger partial charge is 0.489 e. The Labute approximate surface area is 183 Å². The van der Waals surface area contributed by atoms with Gasteiger partial charge in [0.25, 0.3) is 5.91 Å². The van der Waals surface area contributed by atoms with Gasteiger partial charge in [-0.2, -0.15) is 5.10 Å². The average molecular weight is 426 g/mol. The third kappa shape index (κ3) is 4.74. The highest BCUT2D eigenvalue weighted by Crippen LogP contribution is 2.29. The molecule has 1 N–H and O–H groups in total. The van der Waals surface area contributed by atoms with Crippen molar-refractivity contribution in [3.05, 3.63) is 48.3 Å². The first-order chi connectivity index (χ1) is 15.1. The highest BCUT2D eigenvalue weighted by molar-refractivity contribution is 5.93. The van der Waals surface area contributed by atoms with Crippen LogP contribution in [0.15, 0.2) is 42.7 Å². The van der Waals surface area contributed by atoms with Gasteiger partial charge in [-0.3, -0.25) is 19.2 Å². The lowest BCUT2D eigenvalue weighted by molar-refractivity contribution is -0.126. The number of aromatic nitrogens is 2. The second-order valence-corrected chi connectivity index (χ2v) is 8.22. The molecule has 1 aromatic heterocycles. The second kappa shape index (κ2) is 9.51. The molecule has 0 bridgehead atoms. The third-order valence-electron chi connectivity index (χ3n) is 6.32. The first-order valence-electron chi connectivity index (χ1n) is 11.1. The number of rotatable bonds is 6. The molecule has 2 saturated heterocycles. The molecule has 2 aliphatic heterocycles. The van der Waals surface area contributed by atoms with Crippen LogP contribution in [0, 0.1) is 0 Å². The molecule has 3 heterocycles. The lowest BCUT2D eigenvalue weighted by Crippen LogP contribution is -2.51. The number of carbonyl (C=O) groups excluding carboxylic acids is 2. The molecule has 8 nitrogen and oxygen atoms in total. The van der Waals surface area contributed by atoms with Crippen molar-refractivity contribution < 1.29 is 14.3 Å². The number of aryl methyl sites for hydroxylation is 1. The van der Waals surface area contributed by atoms with Gasteiger partial charge >= 0.3 is 0 Å². The summed E-state index contributed by atoms with van der Waals surface area (Å²) in [5.74, 6) is 0.899. The van der Waals surface area contributed by atoms with Crippen LogP contribution < -0.4 is 10.1 Å². The molecule has 0 radical (unpaired) electrons. The number of likely N-dealkylation sites (tertiary alicyclic amines) is 2. The number of hydrogen-bond acceptors (Lipinski definition) is 5. The van der Waals surface area contributed by atoms with Gasteiger partial charge in [0.15, 0.2) is 0 Å². The van der Waals surface area contributed by atoms with E-state index < -0.39 is 0 Å². The molecular formula is C23H31N5O3.